The van der Waals surface area contributed by atoms with E-state index in [9.17, 15) is 4.79 Å². The number of esters is 1. The molecule has 86 valence electrons. The Hall–Kier alpha value is -1.55. The average molecular weight is 220 g/mol. The Morgan fingerprint density at radius 3 is 2.56 bits per heavy atom. The molecule has 16 heavy (non-hydrogen) atoms. The molecule has 4 heteroatoms. The van der Waals surface area contributed by atoms with Crippen LogP contribution in [0.5, 0.6) is 0 Å². The molecule has 0 bridgehead atoms. The largest absolute Gasteiger partial charge is 0.469 e. The minimum Gasteiger partial charge on any atom is -0.469 e. The summed E-state index contributed by atoms with van der Waals surface area (Å²) in [6.45, 7) is 0. The Kier molecular flexibility index (Phi) is 2.59. The second kappa shape index (κ2) is 3.79. The van der Waals surface area contributed by atoms with Gasteiger partial charge in [-0.1, -0.05) is 18.2 Å². The molecule has 1 aromatic rings. The maximum atomic E-state index is 11.7. The molecule has 1 atom stereocenters. The van der Waals surface area contributed by atoms with E-state index >= 15 is 0 Å². The summed E-state index contributed by atoms with van der Waals surface area (Å²) in [6, 6.07) is 7.01. The number of benzene rings is 1. The highest BCUT2D eigenvalue weighted by molar-refractivity contribution is 5.81. The molecule has 1 aromatic carbocycles. The van der Waals surface area contributed by atoms with Crippen molar-refractivity contribution in [1.82, 2.24) is 0 Å². The number of ether oxygens (including phenoxy) is 1. The van der Waals surface area contributed by atoms with Gasteiger partial charge in [-0.05, 0) is 24.5 Å². The highest BCUT2D eigenvalue weighted by atomic mass is 16.5. The number of rotatable bonds is 3. The third-order valence-electron chi connectivity index (χ3n) is 3.31. The van der Waals surface area contributed by atoms with Gasteiger partial charge in [0.15, 0.2) is 0 Å². The molecule has 0 amide bonds. The van der Waals surface area contributed by atoms with Crippen molar-refractivity contribution in [3.63, 3.8) is 0 Å². The maximum Gasteiger partial charge on any atom is 0.313 e. The minimum absolute atomic E-state index is 0.233. The Balaban J connectivity index is 2.30. The average Bonchev–Trinajstić information content (AvgIpc) is 3.09. The molecule has 0 saturated heterocycles. The molecule has 1 fully saturated rings. The molecule has 2 rings (SSSR count). The van der Waals surface area contributed by atoms with Gasteiger partial charge in [-0.25, -0.2) is 0 Å². The van der Waals surface area contributed by atoms with Crippen LogP contribution in [0.15, 0.2) is 24.3 Å². The highest BCUT2D eigenvalue weighted by Crippen LogP contribution is 2.55. The van der Waals surface area contributed by atoms with Crippen LogP contribution in [0.2, 0.25) is 0 Å². The van der Waals surface area contributed by atoms with E-state index in [0.29, 0.717) is 5.69 Å². The van der Waals surface area contributed by atoms with E-state index in [-0.39, 0.29) is 12.0 Å². The number of carbonyl (C=O) groups is 1. The molecule has 0 aliphatic heterocycles. The van der Waals surface area contributed by atoms with Gasteiger partial charge < -0.3 is 16.2 Å². The van der Waals surface area contributed by atoms with E-state index < -0.39 is 5.41 Å². The van der Waals surface area contributed by atoms with E-state index in [1.54, 1.807) is 6.07 Å². The number of anilines is 1. The van der Waals surface area contributed by atoms with Gasteiger partial charge in [0.25, 0.3) is 0 Å². The molecule has 1 aliphatic carbocycles. The van der Waals surface area contributed by atoms with Gasteiger partial charge in [-0.3, -0.25) is 4.79 Å². The van der Waals surface area contributed by atoms with Crippen LogP contribution in [-0.4, -0.2) is 13.1 Å². The maximum absolute atomic E-state index is 11.7. The molecular formula is C12H16N2O2. The zero-order valence-corrected chi connectivity index (χ0v) is 9.27. The van der Waals surface area contributed by atoms with Crippen molar-refractivity contribution in [3.05, 3.63) is 29.8 Å². The molecular weight excluding hydrogens is 204 g/mol. The Morgan fingerprint density at radius 1 is 1.44 bits per heavy atom. The van der Waals surface area contributed by atoms with Crippen LogP contribution in [0.25, 0.3) is 0 Å². The summed E-state index contributed by atoms with van der Waals surface area (Å²) in [5.41, 5.74) is 12.9. The second-order valence-corrected chi connectivity index (χ2v) is 4.25. The van der Waals surface area contributed by atoms with E-state index in [1.807, 2.05) is 18.2 Å². The van der Waals surface area contributed by atoms with Crippen LogP contribution in [0, 0.1) is 5.41 Å². The molecule has 4 nitrogen and oxygen atoms in total. The number of para-hydroxylation sites is 1. The van der Waals surface area contributed by atoms with Crippen LogP contribution < -0.4 is 11.5 Å². The molecule has 1 unspecified atom stereocenters. The highest BCUT2D eigenvalue weighted by Gasteiger charge is 2.56. The number of methoxy groups -OCH3 is 1. The Bertz CT molecular complexity index is 413. The van der Waals surface area contributed by atoms with Gasteiger partial charge in [0.05, 0.1) is 12.5 Å². The van der Waals surface area contributed by atoms with Crippen LogP contribution in [0.1, 0.15) is 24.4 Å². The Morgan fingerprint density at radius 2 is 2.06 bits per heavy atom. The molecule has 4 N–H and O–H groups in total. The van der Waals surface area contributed by atoms with Crippen molar-refractivity contribution < 1.29 is 9.53 Å². The van der Waals surface area contributed by atoms with Crippen molar-refractivity contribution in [2.45, 2.75) is 18.9 Å². The summed E-state index contributed by atoms with van der Waals surface area (Å²) < 4.78 is 4.80. The van der Waals surface area contributed by atoms with Crippen LogP contribution in [0.3, 0.4) is 0 Å². The summed E-state index contributed by atoms with van der Waals surface area (Å²) in [5.74, 6) is -0.233. The molecule has 0 spiro atoms. The normalized spacial score (nSPS) is 18.9. The molecule has 0 radical (unpaired) electrons. The third-order valence-corrected chi connectivity index (χ3v) is 3.31. The zero-order valence-electron chi connectivity index (χ0n) is 9.27. The number of nitrogens with two attached hydrogens (primary N) is 2. The monoisotopic (exact) mass is 220 g/mol. The lowest BCUT2D eigenvalue weighted by Gasteiger charge is -2.22. The number of hydrogen-bond donors (Lipinski definition) is 2. The molecule has 0 aromatic heterocycles. The molecule has 1 saturated carbocycles. The smallest absolute Gasteiger partial charge is 0.313 e. The molecule has 0 heterocycles. The first kappa shape index (κ1) is 11.0. The predicted molar refractivity (Wildman–Crippen MR) is 61.5 cm³/mol. The lowest BCUT2D eigenvalue weighted by atomic mass is 9.90. The lowest BCUT2D eigenvalue weighted by molar-refractivity contribution is -0.148. The first-order valence-corrected chi connectivity index (χ1v) is 5.30. The van der Waals surface area contributed by atoms with Crippen molar-refractivity contribution in [3.8, 4) is 0 Å². The summed E-state index contributed by atoms with van der Waals surface area (Å²) >= 11 is 0. The van der Waals surface area contributed by atoms with Crippen molar-refractivity contribution in [1.29, 1.82) is 0 Å². The summed E-state index contributed by atoms with van der Waals surface area (Å²) in [4.78, 5) is 11.7. The van der Waals surface area contributed by atoms with Crippen molar-refractivity contribution in [2.24, 2.45) is 11.1 Å². The van der Waals surface area contributed by atoms with Crippen LogP contribution in [0.4, 0.5) is 5.69 Å². The first-order chi connectivity index (χ1) is 7.62. The Labute approximate surface area is 94.6 Å². The topological polar surface area (TPSA) is 78.3 Å². The van der Waals surface area contributed by atoms with Crippen molar-refractivity contribution in [2.75, 3.05) is 12.8 Å². The summed E-state index contributed by atoms with van der Waals surface area (Å²) in [6.07, 6.45) is 1.55. The SMILES string of the molecule is COC(=O)C1(C(N)c2ccccc2N)CC1. The summed E-state index contributed by atoms with van der Waals surface area (Å²) in [7, 11) is 1.39. The first-order valence-electron chi connectivity index (χ1n) is 5.30. The number of nitrogen functional groups attached to an aromatic ring is 1. The fraction of sp³-hybridized carbons (Fsp3) is 0.417. The van der Waals surface area contributed by atoms with Crippen LogP contribution >= 0.6 is 0 Å². The van der Waals surface area contributed by atoms with E-state index in [4.69, 9.17) is 16.2 Å². The van der Waals surface area contributed by atoms with E-state index in [1.165, 1.54) is 7.11 Å². The fourth-order valence-corrected chi connectivity index (χ4v) is 2.07. The van der Waals surface area contributed by atoms with Gasteiger partial charge >= 0.3 is 5.97 Å². The van der Waals surface area contributed by atoms with E-state index in [2.05, 4.69) is 0 Å². The van der Waals surface area contributed by atoms with Gasteiger partial charge in [0, 0.05) is 11.7 Å². The predicted octanol–water partition coefficient (Wildman–Crippen LogP) is 1.22. The number of hydrogen-bond acceptors (Lipinski definition) is 4. The van der Waals surface area contributed by atoms with Gasteiger partial charge in [-0.2, -0.15) is 0 Å². The summed E-state index contributed by atoms with van der Waals surface area (Å²) in [5, 5.41) is 0. The van der Waals surface area contributed by atoms with Crippen LogP contribution in [-0.2, 0) is 9.53 Å². The van der Waals surface area contributed by atoms with E-state index in [0.717, 1.165) is 18.4 Å². The quantitative estimate of drug-likeness (QED) is 0.593. The third kappa shape index (κ3) is 1.55. The van der Waals surface area contributed by atoms with Gasteiger partial charge in [-0.15, -0.1) is 0 Å². The molecule has 1 aliphatic rings. The number of carbonyl (C=O) groups excluding carboxylic acids is 1. The van der Waals surface area contributed by atoms with Gasteiger partial charge in [0.2, 0.25) is 0 Å². The standard InChI is InChI=1S/C12H16N2O2/c1-16-11(15)12(6-7-12)10(14)8-4-2-3-5-9(8)13/h2-5,10H,6-7,13-14H2,1H3. The lowest BCUT2D eigenvalue weighted by Crippen LogP contribution is -2.31. The van der Waals surface area contributed by atoms with Crippen molar-refractivity contribution >= 4 is 11.7 Å². The fourth-order valence-electron chi connectivity index (χ4n) is 2.07. The second-order valence-electron chi connectivity index (χ2n) is 4.25. The van der Waals surface area contributed by atoms with Gasteiger partial charge in [0.1, 0.15) is 0 Å². The zero-order chi connectivity index (χ0) is 11.8. The minimum atomic E-state index is -0.551.